The van der Waals surface area contributed by atoms with Gasteiger partial charge in [0, 0.05) is 19.1 Å². The summed E-state index contributed by atoms with van der Waals surface area (Å²) in [5.74, 6) is 0.140. The fourth-order valence-corrected chi connectivity index (χ4v) is 7.47. The van der Waals surface area contributed by atoms with Crippen molar-refractivity contribution in [1.82, 2.24) is 10.0 Å². The molecule has 4 aliphatic rings. The van der Waals surface area contributed by atoms with Crippen LogP contribution in [0.25, 0.3) is 0 Å². The third-order valence-electron chi connectivity index (χ3n) is 9.16. The Morgan fingerprint density at radius 1 is 0.820 bits per heavy atom. The SMILES string of the molecule is NCCCNCC1=CC[C@@H](N)[C@@H](O[C@H]2[C@H](O[C@@H]3O[C@H](CO)[C@@H](O[C@H]4O[C@@H](CN)[C@@H](O)[C@H](O)[C@H]4N)[C@H]3O)[C@@H](O)[C@H](NS(=O)(=O)CCN)C[C@@H]2N)O1. The van der Waals surface area contributed by atoms with Crippen molar-refractivity contribution in [3.05, 3.63) is 11.8 Å². The highest BCUT2D eigenvalue weighted by Crippen LogP contribution is 2.34. The van der Waals surface area contributed by atoms with E-state index in [-0.39, 0.29) is 19.5 Å². The molecule has 0 aromatic rings. The van der Waals surface area contributed by atoms with Crippen molar-refractivity contribution >= 4 is 10.0 Å². The zero-order valence-electron chi connectivity index (χ0n) is 27.8. The molecule has 0 radical (unpaired) electrons. The minimum Gasteiger partial charge on any atom is -0.467 e. The Labute approximate surface area is 290 Å². The van der Waals surface area contributed by atoms with Gasteiger partial charge in [-0.1, -0.05) is 0 Å². The van der Waals surface area contributed by atoms with Crippen molar-refractivity contribution in [3.8, 4) is 0 Å². The predicted octanol–water partition coefficient (Wildman–Crippen LogP) is -7.81. The summed E-state index contributed by atoms with van der Waals surface area (Å²) >= 11 is 0. The Morgan fingerprint density at radius 2 is 1.50 bits per heavy atom. The van der Waals surface area contributed by atoms with Crippen LogP contribution in [0.1, 0.15) is 19.3 Å². The molecule has 1 saturated carbocycles. The first-order valence-corrected chi connectivity index (χ1v) is 18.4. The van der Waals surface area contributed by atoms with E-state index in [1.165, 1.54) is 0 Å². The maximum Gasteiger partial charge on any atom is 0.215 e. The molecule has 0 aromatic carbocycles. The Kier molecular flexibility index (Phi) is 15.5. The van der Waals surface area contributed by atoms with Gasteiger partial charge in [-0.3, -0.25) is 0 Å². The number of rotatable bonds is 17. The topological polar surface area (TPSA) is 371 Å². The van der Waals surface area contributed by atoms with Gasteiger partial charge in [0.05, 0.1) is 43.1 Å². The van der Waals surface area contributed by atoms with Crippen molar-refractivity contribution in [2.24, 2.45) is 34.4 Å². The molecule has 0 aromatic heterocycles. The molecule has 0 bridgehead atoms. The number of aliphatic hydroxyl groups excluding tert-OH is 5. The van der Waals surface area contributed by atoms with Gasteiger partial charge in [0.25, 0.3) is 0 Å². The standard InChI is InChI=1S/C28H56N8O13S/c29-4-1-6-35-10-12-2-3-13(32)26(44-12)47-23-14(33)8-15(36-50(42,43)7-5-30)19(38)25(23)49-28-22(41)24(17(11-37)46-28)48-27-18(34)21(40)20(39)16(9-31)45-27/h2,13-28,35-41H,1,3-11,29-34H2/t13-,14+,15-,16+,17-,18-,19+,20-,21-,22-,23-,24-,25-,26-,27-,28+/m1/s1. The lowest BCUT2D eigenvalue weighted by Crippen LogP contribution is -2.66. The fourth-order valence-electron chi connectivity index (χ4n) is 6.34. The van der Waals surface area contributed by atoms with Gasteiger partial charge in [0.15, 0.2) is 12.6 Å². The Balaban J connectivity index is 1.54. The third-order valence-corrected chi connectivity index (χ3v) is 10.6. The summed E-state index contributed by atoms with van der Waals surface area (Å²) in [5.41, 5.74) is 35.6. The zero-order valence-corrected chi connectivity index (χ0v) is 28.6. The van der Waals surface area contributed by atoms with Crippen LogP contribution in [0.15, 0.2) is 11.8 Å². The van der Waals surface area contributed by atoms with Gasteiger partial charge in [-0.2, -0.15) is 0 Å². The molecular formula is C28H56N8O13S. The lowest BCUT2D eigenvalue weighted by Gasteiger charge is -2.46. The average molecular weight is 745 g/mol. The lowest BCUT2D eigenvalue weighted by molar-refractivity contribution is -0.282. The lowest BCUT2D eigenvalue weighted by atomic mass is 9.84. The van der Waals surface area contributed by atoms with Gasteiger partial charge in [-0.15, -0.1) is 0 Å². The highest BCUT2D eigenvalue weighted by atomic mass is 32.2. The summed E-state index contributed by atoms with van der Waals surface area (Å²) in [5, 5.41) is 56.9. The van der Waals surface area contributed by atoms with E-state index in [9.17, 15) is 34.0 Å². The molecule has 0 unspecified atom stereocenters. The number of nitrogens with two attached hydrogens (primary N) is 6. The molecule has 50 heavy (non-hydrogen) atoms. The third kappa shape index (κ3) is 10.0. The van der Waals surface area contributed by atoms with Gasteiger partial charge < -0.3 is 93.7 Å². The Hall–Kier alpha value is -1.23. The van der Waals surface area contributed by atoms with E-state index in [2.05, 4.69) is 10.0 Å². The molecule has 2 saturated heterocycles. The van der Waals surface area contributed by atoms with Crippen LogP contribution < -0.4 is 44.4 Å². The summed E-state index contributed by atoms with van der Waals surface area (Å²) in [6.07, 6.45) is -13.6. The second kappa shape index (κ2) is 18.7. The predicted molar refractivity (Wildman–Crippen MR) is 175 cm³/mol. The molecule has 16 atom stereocenters. The first kappa shape index (κ1) is 41.5. The molecule has 4 rings (SSSR count). The number of nitrogens with one attached hydrogen (secondary N) is 2. The molecule has 19 N–H and O–H groups in total. The van der Waals surface area contributed by atoms with Gasteiger partial charge in [-0.25, -0.2) is 13.1 Å². The minimum absolute atomic E-state index is 0.0900. The van der Waals surface area contributed by atoms with E-state index in [0.29, 0.717) is 31.8 Å². The van der Waals surface area contributed by atoms with Crippen LogP contribution in [-0.2, 0) is 38.4 Å². The first-order valence-electron chi connectivity index (χ1n) is 16.8. The second-order valence-electron chi connectivity index (χ2n) is 13.0. The minimum atomic E-state index is -3.94. The monoisotopic (exact) mass is 744 g/mol. The van der Waals surface area contributed by atoms with Gasteiger partial charge in [0.2, 0.25) is 16.3 Å². The van der Waals surface area contributed by atoms with Crippen molar-refractivity contribution in [3.63, 3.8) is 0 Å². The summed E-state index contributed by atoms with van der Waals surface area (Å²) < 4.78 is 63.4. The van der Waals surface area contributed by atoms with Crippen molar-refractivity contribution in [2.75, 3.05) is 45.1 Å². The van der Waals surface area contributed by atoms with Crippen LogP contribution in [-0.4, -0.2) is 177 Å². The largest absolute Gasteiger partial charge is 0.467 e. The smallest absolute Gasteiger partial charge is 0.215 e. The molecule has 0 amide bonds. The normalized spacial score (nSPS) is 42.7. The zero-order chi connectivity index (χ0) is 36.7. The van der Waals surface area contributed by atoms with Crippen LogP contribution in [0.4, 0.5) is 0 Å². The molecule has 0 spiro atoms. The molecular weight excluding hydrogens is 688 g/mol. The van der Waals surface area contributed by atoms with E-state index in [1.54, 1.807) is 0 Å². The van der Waals surface area contributed by atoms with E-state index in [4.69, 9.17) is 62.8 Å². The number of hydrogen-bond acceptors (Lipinski definition) is 20. The number of ether oxygens (including phenoxy) is 6. The van der Waals surface area contributed by atoms with Gasteiger partial charge in [0.1, 0.15) is 54.6 Å². The fraction of sp³-hybridized carbons (Fsp3) is 0.929. The molecule has 21 nitrogen and oxygen atoms in total. The van der Waals surface area contributed by atoms with E-state index < -0.39 is 120 Å². The van der Waals surface area contributed by atoms with E-state index in [0.717, 1.165) is 6.42 Å². The quantitative estimate of drug-likeness (QED) is 0.0615. The highest BCUT2D eigenvalue weighted by Gasteiger charge is 2.54. The average Bonchev–Trinajstić information content (AvgIpc) is 3.37. The summed E-state index contributed by atoms with van der Waals surface area (Å²) in [6, 6.07) is -4.05. The second-order valence-corrected chi connectivity index (χ2v) is 14.8. The van der Waals surface area contributed by atoms with Crippen molar-refractivity contribution in [2.45, 2.75) is 117 Å². The molecule has 3 heterocycles. The number of sulfonamides is 1. The molecule has 3 fully saturated rings. The van der Waals surface area contributed by atoms with Gasteiger partial charge in [-0.05, 0) is 38.4 Å². The number of aliphatic hydroxyl groups is 5. The Morgan fingerprint density at radius 3 is 2.16 bits per heavy atom. The molecule has 22 heteroatoms. The van der Waals surface area contributed by atoms with Crippen LogP contribution in [0.2, 0.25) is 0 Å². The van der Waals surface area contributed by atoms with Crippen LogP contribution >= 0.6 is 0 Å². The molecule has 1 aliphatic carbocycles. The maximum atomic E-state index is 12.6. The van der Waals surface area contributed by atoms with Crippen LogP contribution in [0, 0.1) is 0 Å². The van der Waals surface area contributed by atoms with Gasteiger partial charge >= 0.3 is 0 Å². The maximum absolute atomic E-state index is 12.6. The summed E-state index contributed by atoms with van der Waals surface area (Å²) in [6.45, 7) is 0.515. The Bertz CT molecular complexity index is 1190. The molecule has 3 aliphatic heterocycles. The van der Waals surface area contributed by atoms with E-state index in [1.807, 2.05) is 6.08 Å². The number of hydrogen-bond donors (Lipinski definition) is 13. The first-order chi connectivity index (χ1) is 23.7. The summed E-state index contributed by atoms with van der Waals surface area (Å²) in [4.78, 5) is 0. The summed E-state index contributed by atoms with van der Waals surface area (Å²) in [7, 11) is -3.94. The molecule has 292 valence electrons. The van der Waals surface area contributed by atoms with Crippen LogP contribution in [0.3, 0.4) is 0 Å². The van der Waals surface area contributed by atoms with Crippen LogP contribution in [0.5, 0.6) is 0 Å². The highest BCUT2D eigenvalue weighted by molar-refractivity contribution is 7.89. The van der Waals surface area contributed by atoms with Crippen molar-refractivity contribution in [1.29, 1.82) is 0 Å². The van der Waals surface area contributed by atoms with Crippen molar-refractivity contribution < 1.29 is 62.4 Å². The van der Waals surface area contributed by atoms with E-state index >= 15 is 0 Å².